The molecule has 0 radical (unpaired) electrons. The van der Waals surface area contributed by atoms with E-state index in [9.17, 15) is 9.59 Å². The van der Waals surface area contributed by atoms with E-state index in [4.69, 9.17) is 5.73 Å². The van der Waals surface area contributed by atoms with Gasteiger partial charge < -0.3 is 20.1 Å². The molecule has 2 aromatic rings. The Morgan fingerprint density at radius 1 is 1.00 bits per heavy atom. The highest BCUT2D eigenvalue weighted by molar-refractivity contribution is 9.10. The maximum Gasteiger partial charge on any atom is 0.314 e. The highest BCUT2D eigenvalue weighted by Gasteiger charge is 2.25. The number of nitrogens with two attached hydrogens (primary N) is 1. The molecule has 0 unspecified atom stereocenters. The molecule has 2 heterocycles. The van der Waals surface area contributed by atoms with E-state index in [1.807, 2.05) is 49.1 Å². The summed E-state index contributed by atoms with van der Waals surface area (Å²) in [6.07, 6.45) is 0.736. The highest BCUT2D eigenvalue weighted by atomic mass is 79.9. The normalized spacial score (nSPS) is 15.0. The molecule has 3 rings (SSSR count). The van der Waals surface area contributed by atoms with Crippen molar-refractivity contribution in [2.45, 2.75) is 20.3 Å². The van der Waals surface area contributed by atoms with E-state index in [2.05, 4.69) is 20.5 Å². The minimum atomic E-state index is -0.423. The van der Waals surface area contributed by atoms with Crippen LogP contribution in [0.25, 0.3) is 5.69 Å². The summed E-state index contributed by atoms with van der Waals surface area (Å²) in [6, 6.07) is 9.54. The molecule has 1 saturated heterocycles. The molecule has 1 aromatic heterocycles. The molecule has 2 N–H and O–H groups in total. The SMILES string of the molecule is Cc1cc(C(=O)N2CCCN(C(N)=O)CC2)c(C)n1-c1ccc(Br)cc1. The highest BCUT2D eigenvalue weighted by Crippen LogP contribution is 2.23. The Bertz CT molecular complexity index is 829. The predicted molar refractivity (Wildman–Crippen MR) is 105 cm³/mol. The maximum absolute atomic E-state index is 13.1. The van der Waals surface area contributed by atoms with Crippen LogP contribution in [0.5, 0.6) is 0 Å². The van der Waals surface area contributed by atoms with Crippen molar-refractivity contribution in [2.75, 3.05) is 26.2 Å². The average molecular weight is 419 g/mol. The predicted octanol–water partition coefficient (Wildman–Crippen LogP) is 3.08. The molecule has 1 fully saturated rings. The third-order valence-corrected chi connectivity index (χ3v) is 5.37. The Hall–Kier alpha value is -2.28. The molecule has 0 spiro atoms. The smallest absolute Gasteiger partial charge is 0.314 e. The van der Waals surface area contributed by atoms with Crippen LogP contribution in [0.2, 0.25) is 0 Å². The topological polar surface area (TPSA) is 71.6 Å². The monoisotopic (exact) mass is 418 g/mol. The number of amides is 3. The van der Waals surface area contributed by atoms with Gasteiger partial charge >= 0.3 is 6.03 Å². The number of hydrogen-bond donors (Lipinski definition) is 1. The molecule has 0 atom stereocenters. The van der Waals surface area contributed by atoms with Gasteiger partial charge in [-0.05, 0) is 50.6 Å². The van der Waals surface area contributed by atoms with E-state index in [0.717, 1.165) is 28.0 Å². The first kappa shape index (κ1) is 18.5. The zero-order valence-electron chi connectivity index (χ0n) is 15.0. The number of primary amides is 1. The molecule has 7 heteroatoms. The second kappa shape index (κ2) is 7.53. The summed E-state index contributed by atoms with van der Waals surface area (Å²) in [4.78, 5) is 27.9. The minimum absolute atomic E-state index is 0.00721. The quantitative estimate of drug-likeness (QED) is 0.813. The Morgan fingerprint density at radius 2 is 1.62 bits per heavy atom. The molecule has 1 aromatic carbocycles. The van der Waals surface area contributed by atoms with Crippen molar-refractivity contribution < 1.29 is 9.59 Å². The average Bonchev–Trinajstić information content (AvgIpc) is 2.79. The first-order valence-electron chi connectivity index (χ1n) is 8.67. The number of aryl methyl sites for hydroxylation is 1. The maximum atomic E-state index is 13.1. The molecule has 0 saturated carbocycles. The largest absolute Gasteiger partial charge is 0.351 e. The van der Waals surface area contributed by atoms with Gasteiger partial charge in [0.05, 0.1) is 5.56 Å². The molecule has 6 nitrogen and oxygen atoms in total. The van der Waals surface area contributed by atoms with Crippen LogP contribution in [0, 0.1) is 13.8 Å². The standard InChI is InChI=1S/C19H23BrN4O2/c1-13-12-17(14(2)24(13)16-6-4-15(20)5-7-16)18(25)22-8-3-9-23(11-10-22)19(21)26/h4-7,12H,3,8-11H2,1-2H3,(H2,21,26). The number of halogens is 1. The summed E-state index contributed by atoms with van der Waals surface area (Å²) in [5.41, 5.74) is 9.04. The summed E-state index contributed by atoms with van der Waals surface area (Å²) < 4.78 is 3.11. The van der Waals surface area contributed by atoms with Crippen molar-refractivity contribution >= 4 is 27.9 Å². The lowest BCUT2D eigenvalue weighted by atomic mass is 10.2. The van der Waals surface area contributed by atoms with Gasteiger partial charge in [0.2, 0.25) is 0 Å². The third-order valence-electron chi connectivity index (χ3n) is 4.84. The number of hydrogen-bond acceptors (Lipinski definition) is 2. The second-order valence-corrected chi connectivity index (χ2v) is 7.48. The number of carbonyl (C=O) groups excluding carboxylic acids is 2. The van der Waals surface area contributed by atoms with Crippen molar-refractivity contribution in [3.63, 3.8) is 0 Å². The lowest BCUT2D eigenvalue weighted by Crippen LogP contribution is -2.39. The summed E-state index contributed by atoms with van der Waals surface area (Å²) in [5, 5.41) is 0. The van der Waals surface area contributed by atoms with Gasteiger partial charge in [0.15, 0.2) is 0 Å². The molecule has 138 valence electrons. The van der Waals surface area contributed by atoms with Crippen molar-refractivity contribution in [1.82, 2.24) is 14.4 Å². The number of rotatable bonds is 2. The Kier molecular flexibility index (Phi) is 5.36. The van der Waals surface area contributed by atoms with Crippen LogP contribution >= 0.6 is 15.9 Å². The Morgan fingerprint density at radius 3 is 2.27 bits per heavy atom. The van der Waals surface area contributed by atoms with E-state index < -0.39 is 6.03 Å². The van der Waals surface area contributed by atoms with Gasteiger partial charge in [0.25, 0.3) is 5.91 Å². The summed E-state index contributed by atoms with van der Waals surface area (Å²) in [7, 11) is 0. The van der Waals surface area contributed by atoms with Gasteiger partial charge in [-0.3, -0.25) is 4.79 Å². The number of benzene rings is 1. The van der Waals surface area contributed by atoms with Crippen LogP contribution in [-0.4, -0.2) is 52.5 Å². The van der Waals surface area contributed by atoms with Crippen molar-refractivity contribution in [3.8, 4) is 5.69 Å². The summed E-state index contributed by atoms with van der Waals surface area (Å²) >= 11 is 3.45. The zero-order chi connectivity index (χ0) is 18.8. The van der Waals surface area contributed by atoms with Gasteiger partial charge in [-0.2, -0.15) is 0 Å². The van der Waals surface area contributed by atoms with Gasteiger partial charge in [-0.15, -0.1) is 0 Å². The minimum Gasteiger partial charge on any atom is -0.351 e. The summed E-state index contributed by atoms with van der Waals surface area (Å²) in [5.74, 6) is 0.00721. The van der Waals surface area contributed by atoms with Crippen LogP contribution in [0.1, 0.15) is 28.2 Å². The van der Waals surface area contributed by atoms with Crippen LogP contribution in [0.4, 0.5) is 4.79 Å². The molecule has 1 aliphatic heterocycles. The molecule has 26 heavy (non-hydrogen) atoms. The number of carbonyl (C=O) groups is 2. The van der Waals surface area contributed by atoms with Gasteiger partial charge in [-0.1, -0.05) is 15.9 Å². The van der Waals surface area contributed by atoms with Crippen LogP contribution < -0.4 is 5.73 Å². The fourth-order valence-electron chi connectivity index (χ4n) is 3.48. The van der Waals surface area contributed by atoms with Crippen molar-refractivity contribution in [3.05, 3.63) is 51.8 Å². The van der Waals surface area contributed by atoms with E-state index in [-0.39, 0.29) is 5.91 Å². The number of urea groups is 1. The van der Waals surface area contributed by atoms with E-state index in [1.165, 1.54) is 0 Å². The fourth-order valence-corrected chi connectivity index (χ4v) is 3.74. The van der Waals surface area contributed by atoms with E-state index in [0.29, 0.717) is 31.7 Å². The lowest BCUT2D eigenvalue weighted by Gasteiger charge is -2.21. The lowest BCUT2D eigenvalue weighted by molar-refractivity contribution is 0.0762. The van der Waals surface area contributed by atoms with Crippen LogP contribution in [0.3, 0.4) is 0 Å². The number of nitrogens with zero attached hydrogens (tertiary/aromatic N) is 3. The van der Waals surface area contributed by atoms with Crippen molar-refractivity contribution in [1.29, 1.82) is 0 Å². The van der Waals surface area contributed by atoms with Gasteiger partial charge in [-0.25, -0.2) is 4.79 Å². The third kappa shape index (κ3) is 3.62. The fraction of sp³-hybridized carbons (Fsp3) is 0.368. The van der Waals surface area contributed by atoms with Crippen LogP contribution in [0.15, 0.2) is 34.8 Å². The molecular formula is C19H23BrN4O2. The first-order valence-corrected chi connectivity index (χ1v) is 9.46. The van der Waals surface area contributed by atoms with E-state index in [1.54, 1.807) is 4.90 Å². The zero-order valence-corrected chi connectivity index (χ0v) is 16.6. The van der Waals surface area contributed by atoms with E-state index >= 15 is 0 Å². The molecular weight excluding hydrogens is 396 g/mol. The van der Waals surface area contributed by atoms with Gasteiger partial charge in [0, 0.05) is 47.7 Å². The number of aromatic nitrogens is 1. The Balaban J connectivity index is 1.85. The first-order chi connectivity index (χ1) is 12.4. The Labute approximate surface area is 161 Å². The van der Waals surface area contributed by atoms with Gasteiger partial charge in [0.1, 0.15) is 0 Å². The molecule has 0 aliphatic carbocycles. The molecule has 0 bridgehead atoms. The van der Waals surface area contributed by atoms with Crippen molar-refractivity contribution in [2.24, 2.45) is 5.73 Å². The second-order valence-electron chi connectivity index (χ2n) is 6.57. The summed E-state index contributed by atoms with van der Waals surface area (Å²) in [6.45, 7) is 6.18. The van der Waals surface area contributed by atoms with Crippen LogP contribution in [-0.2, 0) is 0 Å². The molecule has 1 aliphatic rings. The molecule has 3 amide bonds.